The van der Waals surface area contributed by atoms with Gasteiger partial charge in [-0.05, 0) is 32.6 Å². The molecule has 0 unspecified atom stereocenters. The first-order chi connectivity index (χ1) is 5.59. The van der Waals surface area contributed by atoms with E-state index in [2.05, 4.69) is 26.1 Å². The van der Waals surface area contributed by atoms with Crippen LogP contribution in [0.4, 0.5) is 0 Å². The molecule has 0 saturated carbocycles. The Morgan fingerprint density at radius 3 is 2.92 bits per heavy atom. The Kier molecular flexibility index (Phi) is 2.00. The lowest BCUT2D eigenvalue weighted by atomic mass is 9.76. The quantitative estimate of drug-likeness (QED) is 0.516. The van der Waals surface area contributed by atoms with Gasteiger partial charge in [-0.15, -0.1) is 0 Å². The molecule has 1 aliphatic carbocycles. The van der Waals surface area contributed by atoms with Crippen molar-refractivity contribution < 1.29 is 0 Å². The second kappa shape index (κ2) is 2.77. The number of hydrogen-bond acceptors (Lipinski definition) is 0. The van der Waals surface area contributed by atoms with Crippen molar-refractivity contribution >= 4 is 22.6 Å². The molecule has 0 fully saturated rings. The highest BCUT2D eigenvalue weighted by Gasteiger charge is 2.30. The molecule has 1 heterocycles. The van der Waals surface area contributed by atoms with Gasteiger partial charge in [0.1, 0.15) is 0 Å². The van der Waals surface area contributed by atoms with E-state index in [0.717, 1.165) is 9.04 Å². The second-order valence-electron chi connectivity index (χ2n) is 4.71. The van der Waals surface area contributed by atoms with Crippen molar-refractivity contribution in [2.24, 2.45) is 5.41 Å². The number of rotatable bonds is 0. The lowest BCUT2D eigenvalue weighted by Gasteiger charge is -2.31. The van der Waals surface area contributed by atoms with Gasteiger partial charge in [-0.3, -0.25) is 0 Å². The fraction of sp³-hybridized carbons (Fsp3) is 0.700. The molecule has 0 aromatic carbocycles. The first-order valence-electron chi connectivity index (χ1n) is 4.86. The molecule has 0 nitrogen and oxygen atoms in total. The van der Waals surface area contributed by atoms with E-state index in [4.69, 9.17) is 0 Å². The van der Waals surface area contributed by atoms with E-state index < -0.39 is 0 Å². The van der Waals surface area contributed by atoms with Crippen LogP contribution in [0.25, 0.3) is 0 Å². The Bertz CT molecular complexity index is 272. The maximum absolute atomic E-state index is 2.65. The molecule has 12 heavy (non-hydrogen) atoms. The van der Waals surface area contributed by atoms with Gasteiger partial charge in [-0.1, -0.05) is 36.8 Å². The van der Waals surface area contributed by atoms with Crippen molar-refractivity contribution in [1.29, 1.82) is 0 Å². The lowest BCUT2D eigenvalue weighted by molar-refractivity contribution is 0.390. The molecule has 0 bridgehead atoms. The summed E-state index contributed by atoms with van der Waals surface area (Å²) >= 11 is 0. The zero-order chi connectivity index (χ0) is 8.77. The zero-order valence-electron chi connectivity index (χ0n) is 8.28. The van der Waals surface area contributed by atoms with E-state index >= 15 is 0 Å². The molecule has 0 saturated heterocycles. The molecular weight excluding hydrogens is 176 g/mol. The van der Waals surface area contributed by atoms with Crippen molar-refractivity contribution in [2.45, 2.75) is 39.7 Å². The Labute approximate surface area is 78.9 Å². The smallest absolute Gasteiger partial charge is 0.0725 e. The van der Waals surface area contributed by atoms with Crippen LogP contribution in [-0.2, 0) is 0 Å². The summed E-state index contributed by atoms with van der Waals surface area (Å²) in [6.45, 7) is 7.34. The van der Waals surface area contributed by atoms with Gasteiger partial charge in [0.2, 0.25) is 0 Å². The van der Waals surface area contributed by atoms with Gasteiger partial charge in [0.25, 0.3) is 0 Å². The summed E-state index contributed by atoms with van der Waals surface area (Å²) in [6.07, 6.45) is 4.30. The monoisotopic (exact) mass is 193 g/mol. The van der Waals surface area contributed by atoms with Crippen LogP contribution >= 0.6 is 0 Å². The van der Waals surface area contributed by atoms with E-state index in [1.165, 1.54) is 19.3 Å². The molecule has 0 aromatic rings. The molecule has 1 aliphatic heterocycles. The standard InChI is InChI=1S/C10H17Si2/c1-10(2)6-4-5-9-8(10)7-12(3)11-9/h7,11H,4-6H2,1-3H3. The Morgan fingerprint density at radius 1 is 1.50 bits per heavy atom. The molecule has 2 heteroatoms. The molecule has 65 valence electrons. The van der Waals surface area contributed by atoms with Gasteiger partial charge in [-0.25, -0.2) is 0 Å². The van der Waals surface area contributed by atoms with Crippen LogP contribution < -0.4 is 0 Å². The molecule has 0 atom stereocenters. The van der Waals surface area contributed by atoms with Gasteiger partial charge >= 0.3 is 0 Å². The topological polar surface area (TPSA) is 0 Å². The van der Waals surface area contributed by atoms with Crippen molar-refractivity contribution in [3.8, 4) is 0 Å². The number of allylic oxidation sites excluding steroid dienone is 2. The molecule has 2 rings (SSSR count). The molecular formula is C10H17Si2. The summed E-state index contributed by atoms with van der Waals surface area (Å²) in [4.78, 5) is 0. The van der Waals surface area contributed by atoms with E-state index in [1.807, 2.05) is 5.20 Å². The highest BCUT2D eigenvalue weighted by Crippen LogP contribution is 2.40. The summed E-state index contributed by atoms with van der Waals surface area (Å²) < 4.78 is 0. The third kappa shape index (κ3) is 1.31. The fourth-order valence-electron chi connectivity index (χ4n) is 2.41. The van der Waals surface area contributed by atoms with Crippen molar-refractivity contribution in [3.63, 3.8) is 0 Å². The average Bonchev–Trinajstić information content (AvgIpc) is 2.30. The molecule has 2 aliphatic rings. The molecule has 0 spiro atoms. The largest absolute Gasteiger partial charge is 0.0827 e. The Balaban J connectivity index is 2.37. The SMILES string of the molecule is C[Si]1=CC2=C(CCCC2(C)C)[SiH]1. The number of hydrogen-bond donors (Lipinski definition) is 0. The van der Waals surface area contributed by atoms with Gasteiger partial charge in [-0.2, -0.15) is 0 Å². The molecule has 1 radical (unpaired) electrons. The third-order valence-electron chi connectivity index (χ3n) is 3.10. The van der Waals surface area contributed by atoms with Crippen LogP contribution in [0.5, 0.6) is 0 Å². The van der Waals surface area contributed by atoms with Crippen LogP contribution in [0.15, 0.2) is 10.8 Å². The summed E-state index contributed by atoms with van der Waals surface area (Å²) in [7, 11) is 0.694. The first kappa shape index (κ1) is 8.63. The van der Waals surface area contributed by atoms with Gasteiger partial charge in [0.05, 0.1) is 9.04 Å². The van der Waals surface area contributed by atoms with Crippen molar-refractivity contribution in [2.75, 3.05) is 0 Å². The van der Waals surface area contributed by atoms with E-state index in [9.17, 15) is 0 Å². The van der Waals surface area contributed by atoms with Crippen LogP contribution in [0.1, 0.15) is 33.1 Å². The minimum atomic E-state index is -0.0239. The summed E-state index contributed by atoms with van der Waals surface area (Å²) in [5, 5.41) is 1.89. The first-order valence-corrected chi connectivity index (χ1v) is 9.33. The van der Waals surface area contributed by atoms with Crippen LogP contribution in [0.2, 0.25) is 6.55 Å². The maximum Gasteiger partial charge on any atom is 0.0725 e. The van der Waals surface area contributed by atoms with Crippen molar-refractivity contribution in [3.05, 3.63) is 10.8 Å². The van der Waals surface area contributed by atoms with Crippen LogP contribution in [0.3, 0.4) is 0 Å². The van der Waals surface area contributed by atoms with Gasteiger partial charge in [0, 0.05) is 0 Å². The molecule has 0 N–H and O–H groups in total. The minimum absolute atomic E-state index is 0.0239. The van der Waals surface area contributed by atoms with E-state index in [-0.39, 0.29) is 7.93 Å². The Morgan fingerprint density at radius 2 is 2.25 bits per heavy atom. The predicted molar refractivity (Wildman–Crippen MR) is 59.5 cm³/mol. The van der Waals surface area contributed by atoms with E-state index in [1.54, 1.807) is 5.57 Å². The van der Waals surface area contributed by atoms with Crippen LogP contribution in [-0.4, -0.2) is 22.6 Å². The minimum Gasteiger partial charge on any atom is -0.0827 e. The normalized spacial score (nSPS) is 27.1. The van der Waals surface area contributed by atoms with E-state index in [0.29, 0.717) is 5.41 Å². The second-order valence-corrected chi connectivity index (χ2v) is 11.1. The van der Waals surface area contributed by atoms with Gasteiger partial charge in [0.15, 0.2) is 0 Å². The molecule has 0 aromatic heterocycles. The van der Waals surface area contributed by atoms with Crippen molar-refractivity contribution in [1.82, 2.24) is 0 Å². The average molecular weight is 193 g/mol. The zero-order valence-corrected chi connectivity index (χ0v) is 10.4. The highest BCUT2D eigenvalue weighted by atomic mass is 29.2. The summed E-state index contributed by atoms with van der Waals surface area (Å²) in [5.74, 6) is 0. The Hall–Kier alpha value is 0.0438. The van der Waals surface area contributed by atoms with Crippen LogP contribution in [0, 0.1) is 5.41 Å². The lowest BCUT2D eigenvalue weighted by Crippen LogP contribution is -2.20. The molecule has 0 amide bonds. The maximum atomic E-state index is 2.65. The highest BCUT2D eigenvalue weighted by molar-refractivity contribution is 7.18. The summed E-state index contributed by atoms with van der Waals surface area (Å²) in [5.41, 5.74) is 4.96. The predicted octanol–water partition coefficient (Wildman–Crippen LogP) is 1.91. The summed E-state index contributed by atoms with van der Waals surface area (Å²) in [6, 6.07) is 0. The third-order valence-corrected chi connectivity index (χ3v) is 8.16. The van der Waals surface area contributed by atoms with Gasteiger partial charge < -0.3 is 0 Å². The fourth-order valence-corrected chi connectivity index (χ4v) is 8.51.